The second-order valence-corrected chi connectivity index (χ2v) is 7.21. The first-order chi connectivity index (χ1) is 10.4. The Hall–Kier alpha value is -2.21. The van der Waals surface area contributed by atoms with E-state index in [9.17, 15) is 13.2 Å². The van der Waals surface area contributed by atoms with Gasteiger partial charge in [0.2, 0.25) is 5.91 Å². The average molecular weight is 318 g/mol. The van der Waals surface area contributed by atoms with Crippen LogP contribution in [0.3, 0.4) is 0 Å². The SMILES string of the molecule is CCS(=O)(=O)c1ccc(CC(=O)Nc2cccc(C)n2)cc1. The molecule has 0 aliphatic heterocycles. The Morgan fingerprint density at radius 2 is 1.82 bits per heavy atom. The van der Waals surface area contributed by atoms with E-state index in [2.05, 4.69) is 10.3 Å². The van der Waals surface area contributed by atoms with Crippen LogP contribution in [0.1, 0.15) is 18.2 Å². The van der Waals surface area contributed by atoms with E-state index in [1.807, 2.05) is 19.1 Å². The summed E-state index contributed by atoms with van der Waals surface area (Å²) in [4.78, 5) is 16.4. The molecule has 1 heterocycles. The molecule has 22 heavy (non-hydrogen) atoms. The first-order valence-electron chi connectivity index (χ1n) is 6.96. The van der Waals surface area contributed by atoms with E-state index in [-0.39, 0.29) is 23.0 Å². The van der Waals surface area contributed by atoms with E-state index in [0.717, 1.165) is 11.3 Å². The van der Waals surface area contributed by atoms with E-state index in [0.29, 0.717) is 5.82 Å². The molecule has 1 aromatic heterocycles. The van der Waals surface area contributed by atoms with Gasteiger partial charge in [0.05, 0.1) is 17.1 Å². The monoisotopic (exact) mass is 318 g/mol. The number of carbonyl (C=O) groups is 1. The molecule has 0 spiro atoms. The maximum absolute atomic E-state index is 12.0. The van der Waals surface area contributed by atoms with Gasteiger partial charge < -0.3 is 5.32 Å². The van der Waals surface area contributed by atoms with E-state index in [4.69, 9.17) is 0 Å². The number of benzene rings is 1. The van der Waals surface area contributed by atoms with Crippen molar-refractivity contribution >= 4 is 21.6 Å². The Kier molecular flexibility index (Phi) is 4.92. The normalized spacial score (nSPS) is 11.2. The molecule has 5 nitrogen and oxygen atoms in total. The number of pyridine rings is 1. The molecule has 2 aromatic rings. The van der Waals surface area contributed by atoms with Gasteiger partial charge in [-0.15, -0.1) is 0 Å². The second-order valence-electron chi connectivity index (χ2n) is 4.94. The van der Waals surface area contributed by atoms with Crippen molar-refractivity contribution in [3.63, 3.8) is 0 Å². The van der Waals surface area contributed by atoms with Crippen LogP contribution in [0.25, 0.3) is 0 Å². The van der Waals surface area contributed by atoms with Gasteiger partial charge in [0.1, 0.15) is 5.82 Å². The largest absolute Gasteiger partial charge is 0.310 e. The summed E-state index contributed by atoms with van der Waals surface area (Å²) in [6, 6.07) is 11.8. The molecule has 6 heteroatoms. The summed E-state index contributed by atoms with van der Waals surface area (Å²) < 4.78 is 23.4. The summed E-state index contributed by atoms with van der Waals surface area (Å²) in [5, 5.41) is 2.72. The van der Waals surface area contributed by atoms with Crippen LogP contribution in [0, 0.1) is 6.92 Å². The molecule has 2 rings (SSSR count). The third kappa shape index (κ3) is 4.14. The van der Waals surface area contributed by atoms with E-state index >= 15 is 0 Å². The zero-order valence-electron chi connectivity index (χ0n) is 12.5. The van der Waals surface area contributed by atoms with Crippen molar-refractivity contribution in [3.05, 3.63) is 53.7 Å². The van der Waals surface area contributed by atoms with Crippen LogP contribution >= 0.6 is 0 Å². The van der Waals surface area contributed by atoms with Crippen LogP contribution in [0.15, 0.2) is 47.4 Å². The smallest absolute Gasteiger partial charge is 0.229 e. The van der Waals surface area contributed by atoms with Crippen molar-refractivity contribution in [1.29, 1.82) is 0 Å². The molecule has 0 fully saturated rings. The molecule has 1 aromatic carbocycles. The topological polar surface area (TPSA) is 76.1 Å². The number of hydrogen-bond donors (Lipinski definition) is 1. The van der Waals surface area contributed by atoms with Crippen LogP contribution in [-0.4, -0.2) is 25.1 Å². The minimum absolute atomic E-state index is 0.0614. The quantitative estimate of drug-likeness (QED) is 0.918. The third-order valence-corrected chi connectivity index (χ3v) is 4.93. The van der Waals surface area contributed by atoms with Crippen LogP contribution in [0.2, 0.25) is 0 Å². The first kappa shape index (κ1) is 16.2. The lowest BCUT2D eigenvalue weighted by molar-refractivity contribution is -0.115. The van der Waals surface area contributed by atoms with Gasteiger partial charge in [-0.2, -0.15) is 0 Å². The van der Waals surface area contributed by atoms with Gasteiger partial charge in [0.15, 0.2) is 9.84 Å². The molecule has 1 amide bonds. The molecule has 0 saturated heterocycles. The van der Waals surface area contributed by atoms with Crippen molar-refractivity contribution in [1.82, 2.24) is 4.98 Å². The van der Waals surface area contributed by atoms with Gasteiger partial charge in [-0.3, -0.25) is 4.79 Å². The molecule has 0 aliphatic carbocycles. The van der Waals surface area contributed by atoms with Gasteiger partial charge in [0, 0.05) is 5.69 Å². The average Bonchev–Trinajstić information content (AvgIpc) is 2.47. The van der Waals surface area contributed by atoms with Crippen LogP contribution in [0.4, 0.5) is 5.82 Å². The highest BCUT2D eigenvalue weighted by Gasteiger charge is 2.11. The summed E-state index contributed by atoms with van der Waals surface area (Å²) in [5.41, 5.74) is 1.58. The molecule has 0 aliphatic rings. The van der Waals surface area contributed by atoms with Gasteiger partial charge in [-0.05, 0) is 36.8 Å². The van der Waals surface area contributed by atoms with Crippen LogP contribution in [-0.2, 0) is 21.1 Å². The van der Waals surface area contributed by atoms with E-state index < -0.39 is 9.84 Å². The standard InChI is InChI=1S/C16H18N2O3S/c1-3-22(20,21)14-9-7-13(8-10-14)11-16(19)18-15-6-4-5-12(2)17-15/h4-10H,3,11H2,1-2H3,(H,17,18,19). The number of rotatable bonds is 5. The molecular weight excluding hydrogens is 300 g/mol. The van der Waals surface area contributed by atoms with Crippen molar-refractivity contribution in [2.75, 3.05) is 11.1 Å². The predicted octanol–water partition coefficient (Wildman–Crippen LogP) is 2.36. The summed E-state index contributed by atoms with van der Waals surface area (Å²) in [7, 11) is -3.21. The summed E-state index contributed by atoms with van der Waals surface area (Å²) >= 11 is 0. The first-order valence-corrected chi connectivity index (χ1v) is 8.61. The number of amides is 1. The maximum atomic E-state index is 12.0. The molecule has 0 radical (unpaired) electrons. The zero-order valence-corrected chi connectivity index (χ0v) is 13.4. The third-order valence-electron chi connectivity index (χ3n) is 3.18. The number of aromatic nitrogens is 1. The fourth-order valence-corrected chi connectivity index (χ4v) is 2.85. The second kappa shape index (κ2) is 6.70. The van der Waals surface area contributed by atoms with Gasteiger partial charge in [0.25, 0.3) is 0 Å². The lowest BCUT2D eigenvalue weighted by Gasteiger charge is -2.06. The number of carbonyl (C=O) groups excluding carboxylic acids is 1. The highest BCUT2D eigenvalue weighted by Crippen LogP contribution is 2.13. The molecule has 116 valence electrons. The molecular formula is C16H18N2O3S. The van der Waals surface area contributed by atoms with Crippen molar-refractivity contribution in [2.24, 2.45) is 0 Å². The maximum Gasteiger partial charge on any atom is 0.229 e. The minimum Gasteiger partial charge on any atom is -0.310 e. The Balaban J connectivity index is 2.03. The number of nitrogens with zero attached hydrogens (tertiary/aromatic N) is 1. The number of anilines is 1. The Morgan fingerprint density at radius 3 is 2.41 bits per heavy atom. The summed E-state index contributed by atoms with van der Waals surface area (Å²) in [6.07, 6.45) is 0.169. The predicted molar refractivity (Wildman–Crippen MR) is 85.5 cm³/mol. The zero-order chi connectivity index (χ0) is 16.2. The Labute approximate surface area is 130 Å². The molecule has 0 saturated carbocycles. The lowest BCUT2D eigenvalue weighted by atomic mass is 10.1. The number of sulfone groups is 1. The van der Waals surface area contributed by atoms with Crippen molar-refractivity contribution < 1.29 is 13.2 Å². The Bertz CT molecular complexity index is 768. The van der Waals surface area contributed by atoms with Crippen LogP contribution < -0.4 is 5.32 Å². The highest BCUT2D eigenvalue weighted by atomic mass is 32.2. The van der Waals surface area contributed by atoms with Crippen LogP contribution in [0.5, 0.6) is 0 Å². The molecule has 0 unspecified atom stereocenters. The minimum atomic E-state index is -3.21. The van der Waals surface area contributed by atoms with Gasteiger partial charge in [-0.25, -0.2) is 13.4 Å². The molecule has 1 N–H and O–H groups in total. The summed E-state index contributed by atoms with van der Waals surface area (Å²) in [5.74, 6) is 0.380. The number of aryl methyl sites for hydroxylation is 1. The van der Waals surface area contributed by atoms with Crippen molar-refractivity contribution in [2.45, 2.75) is 25.2 Å². The fourth-order valence-electron chi connectivity index (χ4n) is 1.97. The molecule has 0 bridgehead atoms. The fraction of sp³-hybridized carbons (Fsp3) is 0.250. The lowest BCUT2D eigenvalue weighted by Crippen LogP contribution is -2.15. The number of hydrogen-bond acceptors (Lipinski definition) is 4. The van der Waals surface area contributed by atoms with Gasteiger partial charge >= 0.3 is 0 Å². The highest BCUT2D eigenvalue weighted by molar-refractivity contribution is 7.91. The van der Waals surface area contributed by atoms with E-state index in [1.165, 1.54) is 12.1 Å². The van der Waals surface area contributed by atoms with Crippen molar-refractivity contribution in [3.8, 4) is 0 Å². The number of nitrogens with one attached hydrogen (secondary N) is 1. The van der Waals surface area contributed by atoms with E-state index in [1.54, 1.807) is 25.1 Å². The van der Waals surface area contributed by atoms with Gasteiger partial charge in [-0.1, -0.05) is 25.1 Å². The molecule has 0 atom stereocenters. The summed E-state index contributed by atoms with van der Waals surface area (Å²) in [6.45, 7) is 3.45. The Morgan fingerprint density at radius 1 is 1.14 bits per heavy atom.